The summed E-state index contributed by atoms with van der Waals surface area (Å²) in [5.41, 5.74) is 0.502. The molecule has 1 aliphatic rings. The van der Waals surface area contributed by atoms with Crippen LogP contribution in [0, 0.1) is 0 Å². The van der Waals surface area contributed by atoms with Crippen LogP contribution in [0.3, 0.4) is 0 Å². The molecule has 1 atom stereocenters. The van der Waals surface area contributed by atoms with Gasteiger partial charge in [-0.05, 0) is 39.3 Å². The SMILES string of the molecule is CC(NC1CN(C(=O)OC(C)(C)C)C1)c1cccc(Cl)c1Cl. The van der Waals surface area contributed by atoms with E-state index in [2.05, 4.69) is 5.32 Å². The highest BCUT2D eigenvalue weighted by molar-refractivity contribution is 6.42. The zero-order valence-electron chi connectivity index (χ0n) is 13.3. The van der Waals surface area contributed by atoms with Crippen LogP contribution < -0.4 is 5.32 Å². The number of hydrogen-bond donors (Lipinski definition) is 1. The van der Waals surface area contributed by atoms with Gasteiger partial charge in [0.2, 0.25) is 0 Å². The maximum atomic E-state index is 11.9. The Morgan fingerprint density at radius 2 is 2.00 bits per heavy atom. The van der Waals surface area contributed by atoms with Crippen molar-refractivity contribution in [2.75, 3.05) is 13.1 Å². The van der Waals surface area contributed by atoms with Crippen molar-refractivity contribution < 1.29 is 9.53 Å². The van der Waals surface area contributed by atoms with Crippen molar-refractivity contribution in [2.45, 2.75) is 45.4 Å². The molecule has 122 valence electrons. The number of carbonyl (C=O) groups excluding carboxylic acids is 1. The van der Waals surface area contributed by atoms with Gasteiger partial charge >= 0.3 is 6.09 Å². The third kappa shape index (κ3) is 4.28. The predicted molar refractivity (Wildman–Crippen MR) is 89.6 cm³/mol. The summed E-state index contributed by atoms with van der Waals surface area (Å²) in [6.07, 6.45) is -0.265. The van der Waals surface area contributed by atoms with Crippen molar-refractivity contribution in [3.05, 3.63) is 33.8 Å². The van der Waals surface area contributed by atoms with Gasteiger partial charge in [0.05, 0.1) is 10.0 Å². The second-order valence-electron chi connectivity index (χ2n) is 6.61. The van der Waals surface area contributed by atoms with Crippen LogP contribution >= 0.6 is 23.2 Å². The lowest BCUT2D eigenvalue weighted by atomic mass is 10.0. The Morgan fingerprint density at radius 3 is 2.59 bits per heavy atom. The van der Waals surface area contributed by atoms with E-state index in [4.69, 9.17) is 27.9 Å². The average molecular weight is 345 g/mol. The largest absolute Gasteiger partial charge is 0.444 e. The topological polar surface area (TPSA) is 41.6 Å². The Hall–Kier alpha value is -0.970. The van der Waals surface area contributed by atoms with E-state index in [0.29, 0.717) is 23.1 Å². The first-order chi connectivity index (χ1) is 10.2. The van der Waals surface area contributed by atoms with Crippen LogP contribution in [0.1, 0.15) is 39.3 Å². The molecule has 22 heavy (non-hydrogen) atoms. The first kappa shape index (κ1) is 17.4. The molecule has 0 saturated carbocycles. The van der Waals surface area contributed by atoms with Crippen LogP contribution in [0.4, 0.5) is 4.79 Å². The van der Waals surface area contributed by atoms with Gasteiger partial charge in [0.1, 0.15) is 5.60 Å². The summed E-state index contributed by atoms with van der Waals surface area (Å²) in [5.74, 6) is 0. The fourth-order valence-electron chi connectivity index (χ4n) is 2.36. The molecule has 2 rings (SSSR count). The van der Waals surface area contributed by atoms with Crippen molar-refractivity contribution in [2.24, 2.45) is 0 Å². The number of benzene rings is 1. The standard InChI is InChI=1S/C16H22Cl2N2O2/c1-10(12-6-5-7-13(17)14(12)18)19-11-8-20(9-11)15(21)22-16(2,3)4/h5-7,10-11,19H,8-9H2,1-4H3. The van der Waals surface area contributed by atoms with Gasteiger partial charge in [0.25, 0.3) is 0 Å². The molecule has 1 saturated heterocycles. The number of nitrogens with one attached hydrogen (secondary N) is 1. The van der Waals surface area contributed by atoms with E-state index in [1.165, 1.54) is 0 Å². The molecular weight excluding hydrogens is 323 g/mol. The van der Waals surface area contributed by atoms with Crippen LogP contribution in [0.2, 0.25) is 10.0 Å². The predicted octanol–water partition coefficient (Wildman–Crippen LogP) is 4.26. The van der Waals surface area contributed by atoms with Gasteiger partial charge < -0.3 is 15.0 Å². The van der Waals surface area contributed by atoms with Gasteiger partial charge in [-0.2, -0.15) is 0 Å². The fraction of sp³-hybridized carbons (Fsp3) is 0.562. The molecule has 0 spiro atoms. The Labute approximate surface area is 141 Å². The summed E-state index contributed by atoms with van der Waals surface area (Å²) in [7, 11) is 0. The van der Waals surface area contributed by atoms with Gasteiger partial charge in [-0.1, -0.05) is 35.3 Å². The zero-order chi connectivity index (χ0) is 16.5. The molecule has 0 radical (unpaired) electrons. The maximum absolute atomic E-state index is 11.9. The molecular formula is C16H22Cl2N2O2. The van der Waals surface area contributed by atoms with Gasteiger partial charge in [-0.15, -0.1) is 0 Å². The van der Waals surface area contributed by atoms with Gasteiger partial charge in [0.15, 0.2) is 0 Å². The van der Waals surface area contributed by atoms with E-state index in [0.717, 1.165) is 5.56 Å². The molecule has 1 amide bonds. The molecule has 0 aromatic heterocycles. The lowest BCUT2D eigenvalue weighted by molar-refractivity contribution is 0.00434. The average Bonchev–Trinajstić information content (AvgIpc) is 2.34. The van der Waals surface area contributed by atoms with Gasteiger partial charge in [0, 0.05) is 25.2 Å². The van der Waals surface area contributed by atoms with Crippen LogP contribution in [0.25, 0.3) is 0 Å². The van der Waals surface area contributed by atoms with Crippen LogP contribution in [-0.2, 0) is 4.74 Å². The molecule has 0 aliphatic carbocycles. The molecule has 1 aromatic carbocycles. The Balaban J connectivity index is 1.85. The summed E-state index contributed by atoms with van der Waals surface area (Å²) in [4.78, 5) is 13.6. The summed E-state index contributed by atoms with van der Waals surface area (Å²) >= 11 is 12.3. The first-order valence-corrected chi connectivity index (χ1v) is 8.11. The summed E-state index contributed by atoms with van der Waals surface area (Å²) < 4.78 is 5.34. The summed E-state index contributed by atoms with van der Waals surface area (Å²) in [6, 6.07) is 5.91. The highest BCUT2D eigenvalue weighted by atomic mass is 35.5. The highest BCUT2D eigenvalue weighted by Gasteiger charge is 2.34. The summed E-state index contributed by atoms with van der Waals surface area (Å²) in [5, 5.41) is 4.58. The van der Waals surface area contributed by atoms with Crippen LogP contribution in [-0.4, -0.2) is 35.7 Å². The van der Waals surface area contributed by atoms with Crippen LogP contribution in [0.15, 0.2) is 18.2 Å². The molecule has 6 heteroatoms. The molecule has 4 nitrogen and oxygen atoms in total. The van der Waals surface area contributed by atoms with E-state index in [9.17, 15) is 4.79 Å². The first-order valence-electron chi connectivity index (χ1n) is 7.35. The van der Waals surface area contributed by atoms with Crippen molar-refractivity contribution in [1.29, 1.82) is 0 Å². The molecule has 0 bridgehead atoms. The number of likely N-dealkylation sites (tertiary alicyclic amines) is 1. The van der Waals surface area contributed by atoms with Gasteiger partial charge in [-0.25, -0.2) is 4.79 Å². The Kier molecular flexibility index (Phi) is 5.25. The minimum absolute atomic E-state index is 0.0667. The third-order valence-corrected chi connectivity index (χ3v) is 4.30. The maximum Gasteiger partial charge on any atom is 0.410 e. The van der Waals surface area contributed by atoms with E-state index < -0.39 is 5.60 Å². The number of halogens is 2. The monoisotopic (exact) mass is 344 g/mol. The third-order valence-electron chi connectivity index (χ3n) is 3.47. The lowest BCUT2D eigenvalue weighted by Crippen LogP contribution is -2.60. The fourth-order valence-corrected chi connectivity index (χ4v) is 2.83. The van der Waals surface area contributed by atoms with E-state index in [1.54, 1.807) is 11.0 Å². The van der Waals surface area contributed by atoms with E-state index in [-0.39, 0.29) is 18.2 Å². The Bertz CT molecular complexity index is 552. The van der Waals surface area contributed by atoms with E-state index in [1.807, 2.05) is 39.8 Å². The minimum Gasteiger partial charge on any atom is -0.444 e. The molecule has 1 heterocycles. The van der Waals surface area contributed by atoms with Crippen LogP contribution in [0.5, 0.6) is 0 Å². The number of carbonyl (C=O) groups is 1. The smallest absolute Gasteiger partial charge is 0.410 e. The highest BCUT2D eigenvalue weighted by Crippen LogP contribution is 2.30. The molecule has 1 aromatic rings. The van der Waals surface area contributed by atoms with Crippen molar-refractivity contribution in [1.82, 2.24) is 10.2 Å². The number of hydrogen-bond acceptors (Lipinski definition) is 3. The van der Waals surface area contributed by atoms with Crippen molar-refractivity contribution in [3.63, 3.8) is 0 Å². The van der Waals surface area contributed by atoms with Crippen molar-refractivity contribution in [3.8, 4) is 0 Å². The summed E-state index contributed by atoms with van der Waals surface area (Å²) in [6.45, 7) is 8.90. The quantitative estimate of drug-likeness (QED) is 0.890. The van der Waals surface area contributed by atoms with Crippen molar-refractivity contribution >= 4 is 29.3 Å². The Morgan fingerprint density at radius 1 is 1.36 bits per heavy atom. The zero-order valence-corrected chi connectivity index (χ0v) is 14.8. The number of ether oxygens (including phenoxy) is 1. The molecule has 1 N–H and O–H groups in total. The number of rotatable bonds is 3. The van der Waals surface area contributed by atoms with Gasteiger partial charge in [-0.3, -0.25) is 0 Å². The molecule has 1 fully saturated rings. The number of nitrogens with zero attached hydrogens (tertiary/aromatic N) is 1. The molecule has 1 aliphatic heterocycles. The molecule has 1 unspecified atom stereocenters. The second kappa shape index (κ2) is 6.65. The lowest BCUT2D eigenvalue weighted by Gasteiger charge is -2.41. The van der Waals surface area contributed by atoms with E-state index >= 15 is 0 Å². The second-order valence-corrected chi connectivity index (χ2v) is 7.40. The number of amides is 1. The normalized spacial score (nSPS) is 17.1. The minimum atomic E-state index is -0.461.